The molecule has 0 unspecified atom stereocenters. The van der Waals surface area contributed by atoms with Crippen molar-refractivity contribution in [3.05, 3.63) is 34.4 Å². The minimum Gasteiger partial charge on any atom is -0.258 e. The van der Waals surface area contributed by atoms with Gasteiger partial charge < -0.3 is 0 Å². The zero-order valence-corrected chi connectivity index (χ0v) is 5.57. The Bertz CT molecular complexity index is 244. The van der Waals surface area contributed by atoms with Crippen LogP contribution in [-0.2, 0) is 0 Å². The van der Waals surface area contributed by atoms with Gasteiger partial charge in [-0.3, -0.25) is 10.1 Å². The van der Waals surface area contributed by atoms with Crippen molar-refractivity contribution in [2.45, 2.75) is 0 Å². The van der Waals surface area contributed by atoms with Gasteiger partial charge in [0.05, 0.1) is 4.92 Å². The van der Waals surface area contributed by atoms with Crippen LogP contribution in [0.25, 0.3) is 0 Å². The van der Waals surface area contributed by atoms with Crippen LogP contribution in [0.4, 0.5) is 5.69 Å². The number of nitrogens with zero attached hydrogens (tertiary/aromatic N) is 1. The van der Waals surface area contributed by atoms with Crippen LogP contribution >= 0.6 is 0 Å². The molecule has 0 saturated heterocycles. The third kappa shape index (κ3) is 1.34. The van der Waals surface area contributed by atoms with E-state index in [0.29, 0.717) is 0 Å². The van der Waals surface area contributed by atoms with Gasteiger partial charge in [0, 0.05) is 12.1 Å². The summed E-state index contributed by atoms with van der Waals surface area (Å²) in [6.07, 6.45) is 0. The van der Waals surface area contributed by atoms with E-state index in [-0.39, 0.29) is 5.69 Å². The van der Waals surface area contributed by atoms with Gasteiger partial charge in [-0.1, -0.05) is 17.6 Å². The summed E-state index contributed by atoms with van der Waals surface area (Å²) >= 11 is 0. The van der Waals surface area contributed by atoms with Crippen molar-refractivity contribution in [3.8, 4) is 0 Å². The number of benzene rings is 1. The van der Waals surface area contributed by atoms with Crippen molar-refractivity contribution in [2.75, 3.05) is 0 Å². The maximum atomic E-state index is 10.1. The van der Waals surface area contributed by atoms with Crippen molar-refractivity contribution < 1.29 is 4.92 Å². The number of rotatable bonds is 1. The summed E-state index contributed by atoms with van der Waals surface area (Å²) in [5, 5.41) is 10.1. The average Bonchev–Trinajstić information content (AvgIpc) is 1.88. The highest BCUT2D eigenvalue weighted by Gasteiger charge is 2.00. The molecule has 50 valence electrons. The first kappa shape index (κ1) is 6.80. The SMILES string of the molecule is Bc1ccc([N+](=O)[O-])cc1. The fourth-order valence-corrected chi connectivity index (χ4v) is 0.666. The molecule has 0 radical (unpaired) electrons. The standard InChI is InChI=1S/C6H6BNO2/c7-5-1-3-6(4-2-5)8(9)10/h1-4H,7H2. The number of nitro benzene ring substituents is 1. The second kappa shape index (κ2) is 2.52. The summed E-state index contributed by atoms with van der Waals surface area (Å²) in [7, 11) is 1.89. The normalized spacial score (nSPS) is 9.20. The summed E-state index contributed by atoms with van der Waals surface area (Å²) in [6, 6.07) is 6.43. The fraction of sp³-hybridized carbons (Fsp3) is 0. The van der Waals surface area contributed by atoms with Gasteiger partial charge in [0.15, 0.2) is 0 Å². The topological polar surface area (TPSA) is 43.1 Å². The Morgan fingerprint density at radius 1 is 1.30 bits per heavy atom. The van der Waals surface area contributed by atoms with Gasteiger partial charge in [-0.05, 0) is 0 Å². The number of hydrogen-bond acceptors (Lipinski definition) is 2. The number of non-ortho nitro benzene ring substituents is 1. The van der Waals surface area contributed by atoms with E-state index in [4.69, 9.17) is 0 Å². The highest BCUT2D eigenvalue weighted by atomic mass is 16.6. The van der Waals surface area contributed by atoms with E-state index >= 15 is 0 Å². The third-order valence-corrected chi connectivity index (χ3v) is 1.24. The zero-order valence-electron chi connectivity index (χ0n) is 5.57. The Morgan fingerprint density at radius 2 is 1.80 bits per heavy atom. The molecule has 0 heterocycles. The van der Waals surface area contributed by atoms with E-state index < -0.39 is 4.92 Å². The number of hydrogen-bond donors (Lipinski definition) is 0. The van der Waals surface area contributed by atoms with Gasteiger partial charge in [0.1, 0.15) is 7.85 Å². The lowest BCUT2D eigenvalue weighted by Gasteiger charge is -1.90. The lowest BCUT2D eigenvalue weighted by Crippen LogP contribution is -2.00. The van der Waals surface area contributed by atoms with Crippen molar-refractivity contribution in [1.82, 2.24) is 0 Å². The molecule has 3 nitrogen and oxygen atoms in total. The summed E-state index contributed by atoms with van der Waals surface area (Å²) in [5.41, 5.74) is 1.18. The van der Waals surface area contributed by atoms with E-state index in [1.165, 1.54) is 12.1 Å². The van der Waals surface area contributed by atoms with Gasteiger partial charge in [-0.25, -0.2) is 0 Å². The van der Waals surface area contributed by atoms with E-state index in [0.717, 1.165) is 5.46 Å². The quantitative estimate of drug-likeness (QED) is 0.305. The molecule has 0 bridgehead atoms. The molecule has 0 N–H and O–H groups in total. The van der Waals surface area contributed by atoms with Crippen LogP contribution in [0.1, 0.15) is 0 Å². The maximum absolute atomic E-state index is 10.1. The maximum Gasteiger partial charge on any atom is 0.269 e. The third-order valence-electron chi connectivity index (χ3n) is 1.24. The summed E-state index contributed by atoms with van der Waals surface area (Å²) < 4.78 is 0. The van der Waals surface area contributed by atoms with E-state index in [1.807, 2.05) is 7.85 Å². The van der Waals surface area contributed by atoms with Crippen LogP contribution in [0.3, 0.4) is 0 Å². The Labute approximate surface area is 59.2 Å². The molecule has 0 amide bonds. The molecular formula is C6H6BNO2. The van der Waals surface area contributed by atoms with Gasteiger partial charge >= 0.3 is 0 Å². The minimum atomic E-state index is -0.403. The molecule has 0 spiro atoms. The highest BCUT2D eigenvalue weighted by Crippen LogP contribution is 2.05. The van der Waals surface area contributed by atoms with E-state index in [1.54, 1.807) is 12.1 Å². The largest absolute Gasteiger partial charge is 0.269 e. The summed E-state index contributed by atoms with van der Waals surface area (Å²) in [4.78, 5) is 9.71. The second-order valence-corrected chi connectivity index (χ2v) is 2.09. The van der Waals surface area contributed by atoms with Gasteiger partial charge in [0.25, 0.3) is 5.69 Å². The van der Waals surface area contributed by atoms with Gasteiger partial charge in [0.2, 0.25) is 0 Å². The van der Waals surface area contributed by atoms with E-state index in [2.05, 4.69) is 0 Å². The molecular weight excluding hydrogens is 129 g/mol. The predicted molar refractivity (Wildman–Crippen MR) is 41.3 cm³/mol. The molecule has 0 saturated carbocycles. The minimum absolute atomic E-state index is 0.144. The van der Waals surface area contributed by atoms with Gasteiger partial charge in [-0.2, -0.15) is 0 Å². The Kier molecular flexibility index (Phi) is 1.71. The predicted octanol–water partition coefficient (Wildman–Crippen LogP) is -0.147. The Hall–Kier alpha value is -1.32. The molecule has 1 aromatic carbocycles. The van der Waals surface area contributed by atoms with Crippen LogP contribution in [0.5, 0.6) is 0 Å². The van der Waals surface area contributed by atoms with Crippen LogP contribution in [0.2, 0.25) is 0 Å². The lowest BCUT2D eigenvalue weighted by atomic mass is 9.96. The van der Waals surface area contributed by atoms with Crippen molar-refractivity contribution in [3.63, 3.8) is 0 Å². The molecule has 0 fully saturated rings. The molecule has 0 atom stereocenters. The molecule has 0 aliphatic rings. The lowest BCUT2D eigenvalue weighted by molar-refractivity contribution is -0.384. The molecule has 1 aromatic rings. The first-order chi connectivity index (χ1) is 4.70. The van der Waals surface area contributed by atoms with Crippen molar-refractivity contribution in [1.29, 1.82) is 0 Å². The van der Waals surface area contributed by atoms with Crippen LogP contribution in [0.15, 0.2) is 24.3 Å². The second-order valence-electron chi connectivity index (χ2n) is 2.09. The molecule has 0 aliphatic carbocycles. The average molecular weight is 135 g/mol. The van der Waals surface area contributed by atoms with Crippen molar-refractivity contribution in [2.24, 2.45) is 0 Å². The fourth-order valence-electron chi connectivity index (χ4n) is 0.666. The van der Waals surface area contributed by atoms with Gasteiger partial charge in [-0.15, -0.1) is 0 Å². The van der Waals surface area contributed by atoms with E-state index in [9.17, 15) is 10.1 Å². The molecule has 0 aromatic heterocycles. The molecule has 4 heteroatoms. The smallest absolute Gasteiger partial charge is 0.258 e. The Balaban J connectivity index is 3.00. The zero-order chi connectivity index (χ0) is 7.56. The van der Waals surface area contributed by atoms with Crippen molar-refractivity contribution >= 4 is 19.0 Å². The highest BCUT2D eigenvalue weighted by molar-refractivity contribution is 6.32. The van der Waals surface area contributed by atoms with Crippen LogP contribution < -0.4 is 5.46 Å². The first-order valence-electron chi connectivity index (χ1n) is 2.91. The summed E-state index contributed by atoms with van der Waals surface area (Å²) in [5.74, 6) is 0. The monoisotopic (exact) mass is 135 g/mol. The van der Waals surface area contributed by atoms with Crippen LogP contribution in [0, 0.1) is 10.1 Å². The summed E-state index contributed by atoms with van der Waals surface area (Å²) in [6.45, 7) is 0. The number of nitro groups is 1. The molecule has 10 heavy (non-hydrogen) atoms. The van der Waals surface area contributed by atoms with Crippen LogP contribution in [-0.4, -0.2) is 12.8 Å². The first-order valence-corrected chi connectivity index (χ1v) is 2.91. The Morgan fingerprint density at radius 3 is 2.20 bits per heavy atom. The molecule has 0 aliphatic heterocycles. The molecule has 1 rings (SSSR count).